The van der Waals surface area contributed by atoms with Gasteiger partial charge in [0, 0.05) is 18.3 Å². The molecule has 1 aliphatic rings. The number of carbonyl (C=O) groups excluding carboxylic acids is 1. The lowest BCUT2D eigenvalue weighted by Crippen LogP contribution is -2.34. The van der Waals surface area contributed by atoms with Crippen LogP contribution in [0.2, 0.25) is 0 Å². The zero-order chi connectivity index (χ0) is 9.68. The number of nitrogens with one attached hydrogen (secondary N) is 1. The van der Waals surface area contributed by atoms with E-state index < -0.39 is 0 Å². The molecule has 1 rings (SSSR count). The number of hydrogen-bond acceptors (Lipinski definition) is 3. The van der Waals surface area contributed by atoms with E-state index in [1.54, 1.807) is 0 Å². The molecule has 1 amide bonds. The van der Waals surface area contributed by atoms with Crippen molar-refractivity contribution in [3.63, 3.8) is 0 Å². The maximum Gasteiger partial charge on any atom is 0.229 e. The van der Waals surface area contributed by atoms with Crippen molar-refractivity contribution in [1.82, 2.24) is 5.32 Å². The molecule has 13 heavy (non-hydrogen) atoms. The number of hydrogen-bond donors (Lipinski definition) is 1. The summed E-state index contributed by atoms with van der Waals surface area (Å²) >= 11 is 9.06. The summed E-state index contributed by atoms with van der Waals surface area (Å²) in [6, 6.07) is 0. The summed E-state index contributed by atoms with van der Waals surface area (Å²) in [5, 5.41) is 2.64. The summed E-state index contributed by atoms with van der Waals surface area (Å²) in [4.78, 5) is 11.5. The zero-order valence-corrected chi connectivity index (χ0v) is 8.92. The third kappa shape index (κ3) is 3.44. The Morgan fingerprint density at radius 3 is 2.46 bits per heavy atom. The quantitative estimate of drug-likeness (QED) is 0.678. The first-order chi connectivity index (χ1) is 6.24. The van der Waals surface area contributed by atoms with E-state index in [9.17, 15) is 4.79 Å². The molecular weight excluding hydrogens is 204 g/mol. The van der Waals surface area contributed by atoms with E-state index in [1.807, 2.05) is 0 Å². The third-order valence-corrected chi connectivity index (χ3v) is 2.78. The summed E-state index contributed by atoms with van der Waals surface area (Å²) in [6.45, 7) is 0. The second-order valence-corrected chi connectivity index (χ2v) is 3.79. The van der Waals surface area contributed by atoms with Gasteiger partial charge in [0.1, 0.15) is 0 Å². The fraction of sp³-hybridized carbons (Fsp3) is 0.750. The molecule has 5 heteroatoms. The lowest BCUT2D eigenvalue weighted by molar-refractivity contribution is -0.124. The molecule has 0 radical (unpaired) electrons. The first kappa shape index (κ1) is 10.7. The van der Waals surface area contributed by atoms with E-state index in [-0.39, 0.29) is 16.9 Å². The molecule has 1 fully saturated rings. The monoisotopic (exact) mass is 216 g/mol. The van der Waals surface area contributed by atoms with Gasteiger partial charge >= 0.3 is 0 Å². The lowest BCUT2D eigenvalue weighted by atomic mass is 9.89. The largest absolute Gasteiger partial charge is 0.300 e. The highest BCUT2D eigenvalue weighted by Gasteiger charge is 2.21. The van der Waals surface area contributed by atoms with Crippen LogP contribution in [-0.4, -0.2) is 11.0 Å². The molecule has 0 bridgehead atoms. The molecular formula is C8H12N2OS2. The van der Waals surface area contributed by atoms with Crippen LogP contribution in [0, 0.1) is 5.92 Å². The van der Waals surface area contributed by atoms with Crippen LogP contribution in [-0.2, 0) is 17.2 Å². The van der Waals surface area contributed by atoms with Crippen molar-refractivity contribution in [3.05, 3.63) is 0 Å². The highest BCUT2D eigenvalue weighted by atomic mass is 32.1. The van der Waals surface area contributed by atoms with Gasteiger partial charge in [0.05, 0.1) is 0 Å². The first-order valence-corrected chi connectivity index (χ1v) is 5.19. The smallest absolute Gasteiger partial charge is 0.229 e. The Bertz CT molecular complexity index is 224. The van der Waals surface area contributed by atoms with Crippen molar-refractivity contribution in [1.29, 1.82) is 0 Å². The number of rotatable bonds is 1. The second-order valence-electron chi connectivity index (χ2n) is 3.22. The van der Waals surface area contributed by atoms with Gasteiger partial charge in [-0.2, -0.15) is 4.36 Å². The van der Waals surface area contributed by atoms with Crippen molar-refractivity contribution in [2.24, 2.45) is 10.3 Å². The number of amides is 1. The van der Waals surface area contributed by atoms with Crippen molar-refractivity contribution in [2.45, 2.75) is 32.1 Å². The van der Waals surface area contributed by atoms with E-state index in [0.29, 0.717) is 0 Å². The predicted molar refractivity (Wildman–Crippen MR) is 57.1 cm³/mol. The fourth-order valence-electron chi connectivity index (χ4n) is 1.60. The second kappa shape index (κ2) is 5.34. The van der Waals surface area contributed by atoms with Gasteiger partial charge in [-0.15, -0.1) is 0 Å². The molecule has 1 N–H and O–H groups in total. The van der Waals surface area contributed by atoms with Gasteiger partial charge in [-0.1, -0.05) is 19.3 Å². The van der Waals surface area contributed by atoms with E-state index in [2.05, 4.69) is 22.1 Å². The number of carbonyl (C=O) groups is 1. The summed E-state index contributed by atoms with van der Waals surface area (Å²) < 4.78 is 3.31. The van der Waals surface area contributed by atoms with Gasteiger partial charge in [0.25, 0.3) is 0 Å². The van der Waals surface area contributed by atoms with Crippen molar-refractivity contribution < 1.29 is 4.79 Å². The van der Waals surface area contributed by atoms with Gasteiger partial charge in [-0.25, -0.2) is 0 Å². The van der Waals surface area contributed by atoms with Crippen LogP contribution < -0.4 is 5.32 Å². The van der Waals surface area contributed by atoms with Crippen molar-refractivity contribution >= 4 is 35.7 Å². The topological polar surface area (TPSA) is 41.5 Å². The Labute approximate surface area is 88.4 Å². The van der Waals surface area contributed by atoms with Crippen LogP contribution in [0.1, 0.15) is 32.1 Å². The van der Waals surface area contributed by atoms with Crippen LogP contribution in [0.15, 0.2) is 4.36 Å². The Morgan fingerprint density at radius 1 is 1.31 bits per heavy atom. The molecule has 1 saturated carbocycles. The number of thiocarbonyl (C=S) groups is 1. The molecule has 0 unspecified atom stereocenters. The Morgan fingerprint density at radius 2 is 1.92 bits per heavy atom. The van der Waals surface area contributed by atoms with Crippen LogP contribution in [0.4, 0.5) is 0 Å². The van der Waals surface area contributed by atoms with Crippen LogP contribution in [0.5, 0.6) is 0 Å². The summed E-state index contributed by atoms with van der Waals surface area (Å²) in [7, 11) is 0. The van der Waals surface area contributed by atoms with Gasteiger partial charge in [-0.05, 0) is 25.1 Å². The van der Waals surface area contributed by atoms with E-state index in [4.69, 9.17) is 12.2 Å². The van der Waals surface area contributed by atoms with Gasteiger partial charge in [0.2, 0.25) is 11.0 Å². The summed E-state index contributed by atoms with van der Waals surface area (Å²) in [5.74, 6) is 0.0988. The average molecular weight is 216 g/mol. The maximum absolute atomic E-state index is 11.5. The van der Waals surface area contributed by atoms with Crippen LogP contribution in [0.25, 0.3) is 0 Å². The van der Waals surface area contributed by atoms with E-state index in [0.717, 1.165) is 25.7 Å². The molecule has 0 aromatic carbocycles. The minimum Gasteiger partial charge on any atom is -0.300 e. The van der Waals surface area contributed by atoms with E-state index >= 15 is 0 Å². The molecule has 1 aliphatic carbocycles. The van der Waals surface area contributed by atoms with Crippen LogP contribution in [0.3, 0.4) is 0 Å². The van der Waals surface area contributed by atoms with Gasteiger partial charge in [-0.3, -0.25) is 4.79 Å². The molecule has 0 atom stereocenters. The van der Waals surface area contributed by atoms with Crippen molar-refractivity contribution in [2.75, 3.05) is 0 Å². The van der Waals surface area contributed by atoms with Crippen LogP contribution >= 0.6 is 12.2 Å². The van der Waals surface area contributed by atoms with Crippen molar-refractivity contribution in [3.8, 4) is 0 Å². The minimum atomic E-state index is -0.0155. The molecule has 0 aromatic rings. The molecule has 0 spiro atoms. The zero-order valence-electron chi connectivity index (χ0n) is 7.28. The van der Waals surface area contributed by atoms with Gasteiger partial charge < -0.3 is 5.32 Å². The first-order valence-electron chi connectivity index (χ1n) is 4.42. The summed E-state index contributed by atoms with van der Waals surface area (Å²) in [5.41, 5.74) is 0. The third-order valence-electron chi connectivity index (χ3n) is 2.29. The lowest BCUT2D eigenvalue weighted by Gasteiger charge is -2.19. The molecule has 0 aromatic heterocycles. The fourth-order valence-corrected chi connectivity index (χ4v) is 1.74. The highest BCUT2D eigenvalue weighted by molar-refractivity contribution is 7.80. The highest BCUT2D eigenvalue weighted by Crippen LogP contribution is 2.23. The Balaban J connectivity index is 2.37. The SMILES string of the molecule is O=C(NC(=S)N=S)C1CCCCC1. The average Bonchev–Trinajstić information content (AvgIpc) is 2.19. The van der Waals surface area contributed by atoms with E-state index in [1.165, 1.54) is 6.42 Å². The number of nitrogens with zero attached hydrogens (tertiary/aromatic N) is 1. The van der Waals surface area contributed by atoms with Gasteiger partial charge in [0.15, 0.2) is 0 Å². The predicted octanol–water partition coefficient (Wildman–Crippen LogP) is 1.70. The standard InChI is InChI=1S/C8H12N2OS2/c11-7(9-8(12)10-13)6-4-2-1-3-5-6/h6H,1-5H2,(H,9,11,12). The maximum atomic E-state index is 11.5. The Hall–Kier alpha value is -0.420. The molecule has 0 heterocycles. The Kier molecular flexibility index (Phi) is 4.38. The molecule has 3 nitrogen and oxygen atoms in total. The molecule has 0 aliphatic heterocycles. The normalized spacial score (nSPS) is 17.8. The molecule has 72 valence electrons. The summed E-state index contributed by atoms with van der Waals surface area (Å²) in [6.07, 6.45) is 5.43. The minimum absolute atomic E-state index is 0.0155. The molecule has 0 saturated heterocycles.